The molecule has 3 aromatic heterocycles. The minimum absolute atomic E-state index is 0.278. The van der Waals surface area contributed by atoms with Crippen molar-refractivity contribution in [2.75, 3.05) is 5.32 Å². The van der Waals surface area contributed by atoms with E-state index < -0.39 is 0 Å². The summed E-state index contributed by atoms with van der Waals surface area (Å²) in [4.78, 5) is 20.8. The van der Waals surface area contributed by atoms with E-state index in [4.69, 9.17) is 4.42 Å². The van der Waals surface area contributed by atoms with Gasteiger partial charge in [0.25, 0.3) is 0 Å². The quantitative estimate of drug-likeness (QED) is 0.555. The molecular weight excluding hydrogens is 348 g/mol. The van der Waals surface area contributed by atoms with Gasteiger partial charge in [-0.15, -0.1) is 11.3 Å². The molecule has 0 fully saturated rings. The Labute approximate surface area is 153 Å². The minimum Gasteiger partial charge on any atom is -0.464 e. The van der Waals surface area contributed by atoms with E-state index in [-0.39, 0.29) is 6.03 Å². The number of amides is 2. The van der Waals surface area contributed by atoms with Crippen LogP contribution in [0.4, 0.5) is 10.5 Å². The molecule has 2 N–H and O–H groups in total. The van der Waals surface area contributed by atoms with Gasteiger partial charge in [-0.25, -0.2) is 9.78 Å². The average molecular weight is 364 g/mol. The van der Waals surface area contributed by atoms with Crippen LogP contribution in [0.1, 0.15) is 10.6 Å². The highest BCUT2D eigenvalue weighted by atomic mass is 32.1. The molecule has 0 spiro atoms. The Kier molecular flexibility index (Phi) is 4.37. The van der Waals surface area contributed by atoms with Crippen molar-refractivity contribution in [1.82, 2.24) is 15.3 Å². The Hall–Kier alpha value is -3.19. The third kappa shape index (κ3) is 3.57. The SMILES string of the molecule is Cc1nc2cc(NC(=O)NCc3cncc(-c4ccco4)c3)ccc2s1. The fourth-order valence-electron chi connectivity index (χ4n) is 2.64. The van der Waals surface area contributed by atoms with Gasteiger partial charge in [0.05, 0.1) is 21.5 Å². The maximum absolute atomic E-state index is 12.2. The molecule has 0 bridgehead atoms. The Morgan fingerprint density at radius 2 is 2.15 bits per heavy atom. The number of thiazole rings is 1. The van der Waals surface area contributed by atoms with E-state index in [1.165, 1.54) is 0 Å². The van der Waals surface area contributed by atoms with Crippen LogP contribution in [0.15, 0.2) is 59.5 Å². The number of hydrogen-bond donors (Lipinski definition) is 2. The highest BCUT2D eigenvalue weighted by Crippen LogP contribution is 2.24. The number of carbonyl (C=O) groups is 1. The number of nitrogens with one attached hydrogen (secondary N) is 2. The van der Waals surface area contributed by atoms with Crippen LogP contribution in [0.5, 0.6) is 0 Å². The van der Waals surface area contributed by atoms with Crippen LogP contribution in [0.2, 0.25) is 0 Å². The monoisotopic (exact) mass is 364 g/mol. The van der Waals surface area contributed by atoms with Crippen LogP contribution < -0.4 is 10.6 Å². The molecule has 3 heterocycles. The number of aromatic nitrogens is 2. The average Bonchev–Trinajstić information content (AvgIpc) is 3.29. The molecule has 4 aromatic rings. The van der Waals surface area contributed by atoms with Gasteiger partial charge in [-0.2, -0.15) is 0 Å². The number of hydrogen-bond acceptors (Lipinski definition) is 5. The molecule has 0 saturated heterocycles. The van der Waals surface area contributed by atoms with E-state index in [2.05, 4.69) is 20.6 Å². The van der Waals surface area contributed by atoms with Crippen LogP contribution in [0.25, 0.3) is 21.5 Å². The molecule has 2 amide bonds. The number of furan rings is 1. The molecule has 0 unspecified atom stereocenters. The van der Waals surface area contributed by atoms with Crippen molar-refractivity contribution >= 4 is 33.3 Å². The standard InChI is InChI=1S/C19H16N4O2S/c1-12-22-16-8-15(4-5-18(16)26-12)23-19(24)21-10-13-7-14(11-20-9-13)17-3-2-6-25-17/h2-9,11H,10H2,1H3,(H2,21,23,24). The van der Waals surface area contributed by atoms with E-state index in [0.717, 1.165) is 32.1 Å². The van der Waals surface area contributed by atoms with Gasteiger partial charge in [-0.05, 0) is 48.9 Å². The fraction of sp³-hybridized carbons (Fsp3) is 0.105. The van der Waals surface area contributed by atoms with Crippen LogP contribution in [0, 0.1) is 6.92 Å². The highest BCUT2D eigenvalue weighted by molar-refractivity contribution is 7.18. The number of carbonyl (C=O) groups excluding carboxylic acids is 1. The Morgan fingerprint density at radius 1 is 1.23 bits per heavy atom. The Morgan fingerprint density at radius 3 is 3.00 bits per heavy atom. The fourth-order valence-corrected chi connectivity index (χ4v) is 3.45. The first-order chi connectivity index (χ1) is 12.7. The zero-order valence-corrected chi connectivity index (χ0v) is 14.8. The highest BCUT2D eigenvalue weighted by Gasteiger charge is 2.07. The van der Waals surface area contributed by atoms with Gasteiger partial charge in [0, 0.05) is 30.2 Å². The van der Waals surface area contributed by atoms with Crippen LogP contribution in [0.3, 0.4) is 0 Å². The van der Waals surface area contributed by atoms with Gasteiger partial charge in [-0.1, -0.05) is 0 Å². The van der Waals surface area contributed by atoms with Crippen molar-refractivity contribution in [3.63, 3.8) is 0 Å². The summed E-state index contributed by atoms with van der Waals surface area (Å²) in [6, 6.07) is 11.1. The molecule has 4 rings (SSSR count). The van der Waals surface area contributed by atoms with E-state index in [9.17, 15) is 4.79 Å². The summed E-state index contributed by atoms with van der Waals surface area (Å²) in [5.41, 5.74) is 3.36. The van der Waals surface area contributed by atoms with Gasteiger partial charge >= 0.3 is 6.03 Å². The van der Waals surface area contributed by atoms with Gasteiger partial charge in [-0.3, -0.25) is 4.98 Å². The summed E-state index contributed by atoms with van der Waals surface area (Å²) in [5.74, 6) is 0.746. The molecule has 0 aliphatic heterocycles. The van der Waals surface area contributed by atoms with Crippen molar-refractivity contribution in [3.05, 3.63) is 65.6 Å². The largest absolute Gasteiger partial charge is 0.464 e. The van der Waals surface area contributed by atoms with E-state index in [0.29, 0.717) is 12.2 Å². The Balaban J connectivity index is 1.39. The number of benzene rings is 1. The predicted molar refractivity (Wildman–Crippen MR) is 102 cm³/mol. The van der Waals surface area contributed by atoms with E-state index in [1.54, 1.807) is 30.0 Å². The first kappa shape index (κ1) is 16.3. The molecule has 0 saturated carbocycles. The molecule has 7 heteroatoms. The second-order valence-electron chi connectivity index (χ2n) is 5.78. The third-order valence-electron chi connectivity index (χ3n) is 3.81. The second-order valence-corrected chi connectivity index (χ2v) is 7.02. The molecule has 26 heavy (non-hydrogen) atoms. The number of urea groups is 1. The lowest BCUT2D eigenvalue weighted by atomic mass is 10.1. The molecule has 0 radical (unpaired) electrons. The molecular formula is C19H16N4O2S. The summed E-state index contributed by atoms with van der Waals surface area (Å²) < 4.78 is 6.48. The topological polar surface area (TPSA) is 80.0 Å². The van der Waals surface area contributed by atoms with Crippen molar-refractivity contribution in [3.8, 4) is 11.3 Å². The van der Waals surface area contributed by atoms with Gasteiger partial charge in [0.1, 0.15) is 5.76 Å². The zero-order valence-electron chi connectivity index (χ0n) is 14.0. The molecule has 130 valence electrons. The number of aryl methyl sites for hydroxylation is 1. The summed E-state index contributed by atoms with van der Waals surface area (Å²) >= 11 is 1.63. The number of anilines is 1. The lowest BCUT2D eigenvalue weighted by molar-refractivity contribution is 0.251. The lowest BCUT2D eigenvalue weighted by Crippen LogP contribution is -2.28. The lowest BCUT2D eigenvalue weighted by Gasteiger charge is -2.08. The number of pyridine rings is 1. The summed E-state index contributed by atoms with van der Waals surface area (Å²) in [6.07, 6.45) is 5.07. The van der Waals surface area contributed by atoms with Crippen LogP contribution >= 0.6 is 11.3 Å². The maximum Gasteiger partial charge on any atom is 0.319 e. The summed E-state index contributed by atoms with van der Waals surface area (Å²) in [5, 5.41) is 6.67. The molecule has 0 aliphatic carbocycles. The van der Waals surface area contributed by atoms with Crippen molar-refractivity contribution < 1.29 is 9.21 Å². The number of fused-ring (bicyclic) bond motifs is 1. The molecule has 0 atom stereocenters. The van der Waals surface area contributed by atoms with E-state index >= 15 is 0 Å². The first-order valence-electron chi connectivity index (χ1n) is 8.07. The zero-order chi connectivity index (χ0) is 17.9. The number of nitrogens with zero attached hydrogens (tertiary/aromatic N) is 2. The minimum atomic E-state index is -0.278. The molecule has 0 aliphatic rings. The smallest absolute Gasteiger partial charge is 0.319 e. The summed E-state index contributed by atoms with van der Waals surface area (Å²) in [6.45, 7) is 2.33. The first-order valence-corrected chi connectivity index (χ1v) is 8.89. The van der Waals surface area contributed by atoms with Gasteiger partial charge < -0.3 is 15.1 Å². The van der Waals surface area contributed by atoms with Crippen LogP contribution in [-0.4, -0.2) is 16.0 Å². The molecule has 1 aromatic carbocycles. The third-order valence-corrected chi connectivity index (χ3v) is 4.76. The maximum atomic E-state index is 12.2. The van der Waals surface area contributed by atoms with Crippen molar-refractivity contribution in [2.24, 2.45) is 0 Å². The predicted octanol–water partition coefficient (Wildman–Crippen LogP) is 4.58. The van der Waals surface area contributed by atoms with Gasteiger partial charge in [0.15, 0.2) is 0 Å². The molecule has 6 nitrogen and oxygen atoms in total. The van der Waals surface area contributed by atoms with Crippen molar-refractivity contribution in [1.29, 1.82) is 0 Å². The summed E-state index contributed by atoms with van der Waals surface area (Å²) in [7, 11) is 0. The second kappa shape index (κ2) is 6.97. The van der Waals surface area contributed by atoms with E-state index in [1.807, 2.05) is 43.3 Å². The Bertz CT molecular complexity index is 1060. The number of rotatable bonds is 4. The van der Waals surface area contributed by atoms with Crippen molar-refractivity contribution in [2.45, 2.75) is 13.5 Å². The van der Waals surface area contributed by atoms with Crippen LogP contribution in [-0.2, 0) is 6.54 Å². The normalized spacial score (nSPS) is 10.8. The van der Waals surface area contributed by atoms with Gasteiger partial charge in [0.2, 0.25) is 0 Å².